The predicted molar refractivity (Wildman–Crippen MR) is 77.2 cm³/mol. The highest BCUT2D eigenvalue weighted by Gasteiger charge is 2.15. The number of nitrogens with zero attached hydrogens (tertiary/aromatic N) is 4. The van der Waals surface area contributed by atoms with Gasteiger partial charge in [-0.2, -0.15) is 5.10 Å². The Balaban J connectivity index is 2.57. The Labute approximate surface area is 114 Å². The molecular weight excluding hydrogens is 238 g/mol. The van der Waals surface area contributed by atoms with Gasteiger partial charge in [-0.25, -0.2) is 9.97 Å². The second-order valence-electron chi connectivity index (χ2n) is 4.62. The summed E-state index contributed by atoms with van der Waals surface area (Å²) in [5.74, 6) is 1.64. The van der Waals surface area contributed by atoms with Gasteiger partial charge in [-0.3, -0.25) is 4.68 Å². The van der Waals surface area contributed by atoms with E-state index in [4.69, 9.17) is 0 Å². The standard InChI is InChI=1S/C14H21N5/c1-6-11-8-12(15-7-2)17-14(16-11)13-9(3)18-19(5)10(13)4/h8H,6-7H2,1-5H3,(H,15,16,17). The summed E-state index contributed by atoms with van der Waals surface area (Å²) in [6.45, 7) is 9.06. The lowest BCUT2D eigenvalue weighted by Gasteiger charge is -2.08. The number of aryl methyl sites for hydroxylation is 3. The van der Waals surface area contributed by atoms with Crippen molar-refractivity contribution >= 4 is 5.82 Å². The van der Waals surface area contributed by atoms with Crippen LogP contribution in [-0.2, 0) is 13.5 Å². The first kappa shape index (κ1) is 13.5. The fraction of sp³-hybridized carbons (Fsp3) is 0.500. The van der Waals surface area contributed by atoms with Crippen LogP contribution in [-0.4, -0.2) is 26.3 Å². The quantitative estimate of drug-likeness (QED) is 0.916. The van der Waals surface area contributed by atoms with Crippen LogP contribution < -0.4 is 5.32 Å². The van der Waals surface area contributed by atoms with Crippen LogP contribution in [0.4, 0.5) is 5.82 Å². The van der Waals surface area contributed by atoms with E-state index in [9.17, 15) is 0 Å². The summed E-state index contributed by atoms with van der Waals surface area (Å²) < 4.78 is 1.87. The largest absolute Gasteiger partial charge is 0.370 e. The third-order valence-corrected chi connectivity index (χ3v) is 3.23. The van der Waals surface area contributed by atoms with Crippen molar-refractivity contribution in [1.29, 1.82) is 0 Å². The lowest BCUT2D eigenvalue weighted by atomic mass is 10.1. The number of nitrogens with one attached hydrogen (secondary N) is 1. The van der Waals surface area contributed by atoms with Crippen LogP contribution in [0, 0.1) is 13.8 Å². The van der Waals surface area contributed by atoms with E-state index in [2.05, 4.69) is 34.2 Å². The third-order valence-electron chi connectivity index (χ3n) is 3.23. The molecule has 19 heavy (non-hydrogen) atoms. The van der Waals surface area contributed by atoms with Crippen molar-refractivity contribution in [2.75, 3.05) is 11.9 Å². The van der Waals surface area contributed by atoms with E-state index < -0.39 is 0 Å². The first-order valence-corrected chi connectivity index (χ1v) is 6.69. The Morgan fingerprint density at radius 3 is 2.47 bits per heavy atom. The van der Waals surface area contributed by atoms with Gasteiger partial charge in [0, 0.05) is 31.0 Å². The molecule has 2 aromatic rings. The van der Waals surface area contributed by atoms with Gasteiger partial charge < -0.3 is 5.32 Å². The Bertz CT molecular complexity index is 586. The number of aromatic nitrogens is 4. The topological polar surface area (TPSA) is 55.6 Å². The predicted octanol–water partition coefficient (Wildman–Crippen LogP) is 2.49. The smallest absolute Gasteiger partial charge is 0.165 e. The zero-order chi connectivity index (χ0) is 14.0. The van der Waals surface area contributed by atoms with Crippen LogP contribution in [0.2, 0.25) is 0 Å². The third kappa shape index (κ3) is 2.59. The van der Waals surface area contributed by atoms with Crippen molar-refractivity contribution in [3.63, 3.8) is 0 Å². The maximum absolute atomic E-state index is 4.63. The van der Waals surface area contributed by atoms with E-state index in [0.29, 0.717) is 0 Å². The highest BCUT2D eigenvalue weighted by molar-refractivity contribution is 5.63. The summed E-state index contributed by atoms with van der Waals surface area (Å²) >= 11 is 0. The number of hydrogen-bond acceptors (Lipinski definition) is 4. The van der Waals surface area contributed by atoms with Gasteiger partial charge >= 0.3 is 0 Å². The number of anilines is 1. The van der Waals surface area contributed by atoms with Gasteiger partial charge in [-0.1, -0.05) is 6.92 Å². The maximum Gasteiger partial charge on any atom is 0.165 e. The van der Waals surface area contributed by atoms with Gasteiger partial charge in [0.2, 0.25) is 0 Å². The summed E-state index contributed by atoms with van der Waals surface area (Å²) in [7, 11) is 1.95. The van der Waals surface area contributed by atoms with Crippen molar-refractivity contribution in [2.45, 2.75) is 34.1 Å². The van der Waals surface area contributed by atoms with E-state index in [-0.39, 0.29) is 0 Å². The monoisotopic (exact) mass is 259 g/mol. The van der Waals surface area contributed by atoms with Gasteiger partial charge in [0.05, 0.1) is 11.3 Å². The molecule has 0 aliphatic carbocycles. The van der Waals surface area contributed by atoms with Crippen LogP contribution >= 0.6 is 0 Å². The van der Waals surface area contributed by atoms with Gasteiger partial charge in [0.1, 0.15) is 5.82 Å². The molecule has 2 rings (SSSR count). The van der Waals surface area contributed by atoms with Crippen molar-refractivity contribution in [3.8, 4) is 11.4 Å². The van der Waals surface area contributed by atoms with Crippen LogP contribution in [0.1, 0.15) is 30.9 Å². The summed E-state index contributed by atoms with van der Waals surface area (Å²) in [5.41, 5.74) is 4.14. The molecule has 2 heterocycles. The Kier molecular flexibility index (Phi) is 3.83. The van der Waals surface area contributed by atoms with E-state index in [1.54, 1.807) is 0 Å². The highest BCUT2D eigenvalue weighted by atomic mass is 15.3. The minimum atomic E-state index is 0.762. The summed E-state index contributed by atoms with van der Waals surface area (Å²) in [6, 6.07) is 2.01. The zero-order valence-electron chi connectivity index (χ0n) is 12.3. The van der Waals surface area contributed by atoms with Gasteiger partial charge in [-0.05, 0) is 27.2 Å². The average Bonchev–Trinajstić information content (AvgIpc) is 2.63. The molecule has 0 spiro atoms. The number of rotatable bonds is 4. The molecule has 0 atom stereocenters. The minimum absolute atomic E-state index is 0.762. The van der Waals surface area contributed by atoms with Crippen molar-refractivity contribution in [3.05, 3.63) is 23.1 Å². The molecule has 0 saturated carbocycles. The Morgan fingerprint density at radius 2 is 1.95 bits per heavy atom. The van der Waals surface area contributed by atoms with E-state index in [1.165, 1.54) is 0 Å². The maximum atomic E-state index is 4.63. The fourth-order valence-corrected chi connectivity index (χ4v) is 2.16. The lowest BCUT2D eigenvalue weighted by molar-refractivity contribution is 0.731. The summed E-state index contributed by atoms with van der Waals surface area (Å²) in [5, 5.41) is 7.69. The second-order valence-corrected chi connectivity index (χ2v) is 4.62. The molecule has 5 heteroatoms. The minimum Gasteiger partial charge on any atom is -0.370 e. The molecule has 0 radical (unpaired) electrons. The Hall–Kier alpha value is -1.91. The van der Waals surface area contributed by atoms with Crippen molar-refractivity contribution in [2.24, 2.45) is 7.05 Å². The molecule has 0 saturated heterocycles. The molecule has 5 nitrogen and oxygen atoms in total. The SMILES string of the molecule is CCNc1cc(CC)nc(-c2c(C)nn(C)c2C)n1. The van der Waals surface area contributed by atoms with Crippen LogP contribution in [0.25, 0.3) is 11.4 Å². The summed E-state index contributed by atoms with van der Waals surface area (Å²) in [4.78, 5) is 9.24. The van der Waals surface area contributed by atoms with Gasteiger partial charge in [-0.15, -0.1) is 0 Å². The molecule has 0 unspecified atom stereocenters. The van der Waals surface area contributed by atoms with Crippen molar-refractivity contribution in [1.82, 2.24) is 19.7 Å². The average molecular weight is 259 g/mol. The molecule has 0 fully saturated rings. The van der Waals surface area contributed by atoms with E-state index >= 15 is 0 Å². The molecule has 2 aromatic heterocycles. The lowest BCUT2D eigenvalue weighted by Crippen LogP contribution is -2.04. The molecule has 0 amide bonds. The van der Waals surface area contributed by atoms with Crippen molar-refractivity contribution < 1.29 is 0 Å². The molecular formula is C14H21N5. The van der Waals surface area contributed by atoms with Crippen LogP contribution in [0.15, 0.2) is 6.07 Å². The first-order valence-electron chi connectivity index (χ1n) is 6.69. The molecule has 0 aliphatic rings. The molecule has 0 aliphatic heterocycles. The molecule has 0 aromatic carbocycles. The molecule has 1 N–H and O–H groups in total. The Morgan fingerprint density at radius 1 is 1.21 bits per heavy atom. The van der Waals surface area contributed by atoms with Crippen LogP contribution in [0.5, 0.6) is 0 Å². The van der Waals surface area contributed by atoms with E-state index in [0.717, 1.165) is 47.3 Å². The normalized spacial score (nSPS) is 10.8. The fourth-order valence-electron chi connectivity index (χ4n) is 2.16. The molecule has 0 bridgehead atoms. The van der Waals surface area contributed by atoms with E-state index in [1.807, 2.05) is 31.6 Å². The highest BCUT2D eigenvalue weighted by Crippen LogP contribution is 2.24. The molecule has 102 valence electrons. The van der Waals surface area contributed by atoms with Crippen LogP contribution in [0.3, 0.4) is 0 Å². The van der Waals surface area contributed by atoms with Gasteiger partial charge in [0.25, 0.3) is 0 Å². The zero-order valence-corrected chi connectivity index (χ0v) is 12.3. The first-order chi connectivity index (χ1) is 9.06. The second kappa shape index (κ2) is 5.38. The number of hydrogen-bond donors (Lipinski definition) is 1. The summed E-state index contributed by atoms with van der Waals surface area (Å²) in [6.07, 6.45) is 0.895. The van der Waals surface area contributed by atoms with Gasteiger partial charge in [0.15, 0.2) is 5.82 Å².